The lowest BCUT2D eigenvalue weighted by atomic mass is 10.0. The van der Waals surface area contributed by atoms with Crippen LogP contribution in [-0.2, 0) is 28.8 Å². The Morgan fingerprint density at radius 3 is 1.77 bits per heavy atom. The maximum atomic E-state index is 12.6. The zero-order valence-corrected chi connectivity index (χ0v) is 16.7. The fourth-order valence-electron chi connectivity index (χ4n) is 2.41. The Kier molecular flexibility index (Phi) is 11.7. The van der Waals surface area contributed by atoms with E-state index in [1.54, 1.807) is 13.8 Å². The van der Waals surface area contributed by atoms with Gasteiger partial charge in [-0.25, -0.2) is 4.79 Å². The molecule has 0 saturated heterocycles. The Bertz CT molecular complexity index is 666. The lowest BCUT2D eigenvalue weighted by molar-refractivity contribution is -0.147. The lowest BCUT2D eigenvalue weighted by Gasteiger charge is -2.25. The SMILES string of the molecule is CC(C)CC(NC(=O)C(CCC(=O)O)NC(=O)CN)C(=O)NC(CC(=O)O)C(=O)O. The fraction of sp³-hybridized carbons (Fsp3) is 0.647. The first-order valence-electron chi connectivity index (χ1n) is 9.13. The molecule has 170 valence electrons. The van der Waals surface area contributed by atoms with Crippen molar-refractivity contribution < 1.29 is 44.1 Å². The first-order valence-corrected chi connectivity index (χ1v) is 9.13. The topological polar surface area (TPSA) is 225 Å². The Labute approximate surface area is 172 Å². The molecular formula is C17H28N4O9. The van der Waals surface area contributed by atoms with Crippen molar-refractivity contribution in [2.24, 2.45) is 11.7 Å². The second-order valence-corrected chi connectivity index (χ2v) is 6.94. The van der Waals surface area contributed by atoms with Crippen LogP contribution in [0.15, 0.2) is 0 Å². The van der Waals surface area contributed by atoms with E-state index in [0.717, 1.165) is 0 Å². The third-order valence-corrected chi connectivity index (χ3v) is 3.82. The molecule has 0 heterocycles. The fourth-order valence-corrected chi connectivity index (χ4v) is 2.41. The highest BCUT2D eigenvalue weighted by Gasteiger charge is 2.31. The predicted octanol–water partition coefficient (Wildman–Crippen LogP) is -2.13. The van der Waals surface area contributed by atoms with Gasteiger partial charge in [0.15, 0.2) is 0 Å². The largest absolute Gasteiger partial charge is 0.481 e. The standard InChI is InChI=1S/C17H28N4O9/c1-8(2)5-10(16(28)21-11(17(29)30)6-14(25)26)20-15(27)9(3-4-13(23)24)19-12(22)7-18/h8-11H,3-7,18H2,1-2H3,(H,19,22)(H,20,27)(H,21,28)(H,23,24)(H,25,26)(H,29,30). The number of carboxylic acid groups (broad SMARTS) is 3. The molecule has 3 unspecified atom stereocenters. The maximum Gasteiger partial charge on any atom is 0.326 e. The van der Waals surface area contributed by atoms with Crippen molar-refractivity contribution in [3.63, 3.8) is 0 Å². The monoisotopic (exact) mass is 432 g/mol. The number of carbonyl (C=O) groups excluding carboxylic acids is 3. The smallest absolute Gasteiger partial charge is 0.326 e. The second-order valence-electron chi connectivity index (χ2n) is 6.94. The van der Waals surface area contributed by atoms with Gasteiger partial charge in [-0.1, -0.05) is 13.8 Å². The lowest BCUT2D eigenvalue weighted by Crippen LogP contribution is -2.56. The van der Waals surface area contributed by atoms with Gasteiger partial charge in [0.2, 0.25) is 17.7 Å². The van der Waals surface area contributed by atoms with Crippen molar-refractivity contribution in [1.29, 1.82) is 0 Å². The number of hydrogen-bond donors (Lipinski definition) is 7. The molecule has 13 nitrogen and oxygen atoms in total. The van der Waals surface area contributed by atoms with Crippen molar-refractivity contribution in [3.05, 3.63) is 0 Å². The van der Waals surface area contributed by atoms with Crippen LogP contribution in [0, 0.1) is 5.92 Å². The molecular weight excluding hydrogens is 404 g/mol. The Morgan fingerprint density at radius 1 is 0.800 bits per heavy atom. The van der Waals surface area contributed by atoms with E-state index in [9.17, 15) is 28.8 Å². The Morgan fingerprint density at radius 2 is 1.33 bits per heavy atom. The predicted molar refractivity (Wildman–Crippen MR) is 101 cm³/mol. The van der Waals surface area contributed by atoms with Crippen molar-refractivity contribution in [2.45, 2.75) is 57.7 Å². The van der Waals surface area contributed by atoms with Crippen LogP contribution in [0.3, 0.4) is 0 Å². The summed E-state index contributed by atoms with van der Waals surface area (Å²) in [5.41, 5.74) is 5.19. The number of hydrogen-bond acceptors (Lipinski definition) is 7. The van der Waals surface area contributed by atoms with E-state index in [-0.39, 0.29) is 18.8 Å². The molecule has 0 aromatic heterocycles. The van der Waals surface area contributed by atoms with E-state index in [1.165, 1.54) is 0 Å². The summed E-state index contributed by atoms with van der Waals surface area (Å²) in [5, 5.41) is 33.3. The minimum Gasteiger partial charge on any atom is -0.481 e. The summed E-state index contributed by atoms with van der Waals surface area (Å²) >= 11 is 0. The van der Waals surface area contributed by atoms with Gasteiger partial charge in [-0.05, 0) is 18.8 Å². The van der Waals surface area contributed by atoms with E-state index < -0.39 is 73.1 Å². The van der Waals surface area contributed by atoms with Gasteiger partial charge in [-0.3, -0.25) is 24.0 Å². The molecule has 0 radical (unpaired) electrons. The number of nitrogens with two attached hydrogens (primary N) is 1. The first kappa shape index (κ1) is 26.8. The molecule has 3 amide bonds. The van der Waals surface area contributed by atoms with Gasteiger partial charge in [-0.15, -0.1) is 0 Å². The summed E-state index contributed by atoms with van der Waals surface area (Å²) in [6.45, 7) is 3.02. The molecule has 0 aliphatic heterocycles. The first-order chi connectivity index (χ1) is 13.9. The van der Waals surface area contributed by atoms with Crippen LogP contribution in [0.2, 0.25) is 0 Å². The number of nitrogens with one attached hydrogen (secondary N) is 3. The van der Waals surface area contributed by atoms with Gasteiger partial charge >= 0.3 is 17.9 Å². The van der Waals surface area contributed by atoms with Crippen LogP contribution in [-0.4, -0.2) is 75.6 Å². The van der Waals surface area contributed by atoms with E-state index in [1.807, 2.05) is 0 Å². The molecule has 0 aromatic carbocycles. The number of carboxylic acids is 3. The molecule has 0 bridgehead atoms. The van der Waals surface area contributed by atoms with Gasteiger partial charge < -0.3 is 37.0 Å². The third kappa shape index (κ3) is 10.9. The Balaban J connectivity index is 5.41. The molecule has 0 aliphatic rings. The van der Waals surface area contributed by atoms with Crippen LogP contribution in [0.25, 0.3) is 0 Å². The average Bonchev–Trinajstić information content (AvgIpc) is 2.62. The molecule has 30 heavy (non-hydrogen) atoms. The van der Waals surface area contributed by atoms with E-state index in [2.05, 4.69) is 16.0 Å². The zero-order chi connectivity index (χ0) is 23.4. The van der Waals surface area contributed by atoms with Gasteiger partial charge in [-0.2, -0.15) is 0 Å². The average molecular weight is 432 g/mol. The minimum atomic E-state index is -1.71. The van der Waals surface area contributed by atoms with Crippen molar-refractivity contribution in [2.75, 3.05) is 6.54 Å². The van der Waals surface area contributed by atoms with Crippen LogP contribution in [0.4, 0.5) is 0 Å². The molecule has 3 atom stereocenters. The van der Waals surface area contributed by atoms with Crippen LogP contribution < -0.4 is 21.7 Å². The quantitative estimate of drug-likeness (QED) is 0.158. The van der Waals surface area contributed by atoms with Crippen molar-refractivity contribution in [3.8, 4) is 0 Å². The highest BCUT2D eigenvalue weighted by molar-refractivity contribution is 5.94. The Hall–Kier alpha value is -3.22. The molecule has 13 heteroatoms. The number of amides is 3. The van der Waals surface area contributed by atoms with Gasteiger partial charge in [0.25, 0.3) is 0 Å². The molecule has 0 aromatic rings. The van der Waals surface area contributed by atoms with E-state index in [0.29, 0.717) is 0 Å². The van der Waals surface area contributed by atoms with Crippen molar-refractivity contribution >= 4 is 35.6 Å². The minimum absolute atomic E-state index is 0.0769. The van der Waals surface area contributed by atoms with Gasteiger partial charge in [0, 0.05) is 6.42 Å². The molecule has 0 rings (SSSR count). The summed E-state index contributed by atoms with van der Waals surface area (Å²) in [6, 6.07) is -4.23. The zero-order valence-electron chi connectivity index (χ0n) is 16.7. The highest BCUT2D eigenvalue weighted by Crippen LogP contribution is 2.08. The molecule has 0 aliphatic carbocycles. The van der Waals surface area contributed by atoms with Gasteiger partial charge in [0.05, 0.1) is 13.0 Å². The van der Waals surface area contributed by atoms with Crippen LogP contribution in [0.5, 0.6) is 0 Å². The molecule has 0 spiro atoms. The number of carbonyl (C=O) groups is 6. The molecule has 0 fully saturated rings. The third-order valence-electron chi connectivity index (χ3n) is 3.82. The summed E-state index contributed by atoms with van der Waals surface area (Å²) < 4.78 is 0. The van der Waals surface area contributed by atoms with Crippen LogP contribution >= 0.6 is 0 Å². The second kappa shape index (κ2) is 13.1. The summed E-state index contributed by atoms with van der Waals surface area (Å²) in [7, 11) is 0. The maximum absolute atomic E-state index is 12.6. The van der Waals surface area contributed by atoms with Gasteiger partial charge in [0.1, 0.15) is 18.1 Å². The molecule has 0 saturated carbocycles. The van der Waals surface area contributed by atoms with E-state index >= 15 is 0 Å². The summed E-state index contributed by atoms with van der Waals surface area (Å²) in [5.74, 6) is -6.82. The molecule has 8 N–H and O–H groups in total. The van der Waals surface area contributed by atoms with E-state index in [4.69, 9.17) is 21.1 Å². The number of aliphatic carboxylic acids is 3. The summed E-state index contributed by atoms with van der Waals surface area (Å²) in [4.78, 5) is 69.3. The highest BCUT2D eigenvalue weighted by atomic mass is 16.4. The number of rotatable bonds is 14. The normalized spacial score (nSPS) is 13.6. The summed E-state index contributed by atoms with van der Waals surface area (Å²) in [6.07, 6.45) is -1.49. The van der Waals surface area contributed by atoms with Crippen molar-refractivity contribution in [1.82, 2.24) is 16.0 Å². The van der Waals surface area contributed by atoms with Crippen LogP contribution in [0.1, 0.15) is 39.5 Å².